The fraction of sp³-hybridized carbons (Fsp3) is 0.400. The van der Waals surface area contributed by atoms with Gasteiger partial charge in [-0.15, -0.1) is 17.4 Å². The van der Waals surface area contributed by atoms with E-state index < -0.39 is 0 Å². The van der Waals surface area contributed by atoms with Crippen LogP contribution in [0.15, 0.2) is 36.4 Å². The number of hydrogen-bond acceptors (Lipinski definition) is 1. The van der Waals surface area contributed by atoms with E-state index in [0.717, 1.165) is 0 Å². The number of hydrogen-bond donors (Lipinski definition) is 1. The topological polar surface area (TPSA) is 26.0 Å². The Bertz CT molecular complexity index is 110. The van der Waals surface area contributed by atoms with Crippen molar-refractivity contribution in [2.75, 3.05) is 7.05 Å². The van der Waals surface area contributed by atoms with Crippen LogP contribution in [0.1, 0.15) is 0 Å². The molecule has 1 rings (SSSR count). The monoisotopic (exact) mass is 181 g/mol. The summed E-state index contributed by atoms with van der Waals surface area (Å²) in [6, 6.07) is 12.0. The molecule has 0 aliphatic rings. The highest BCUT2D eigenvalue weighted by Gasteiger charge is 1.81. The zero-order chi connectivity index (χ0) is 9.82. The quantitative estimate of drug-likeness (QED) is 0.612. The van der Waals surface area contributed by atoms with Crippen molar-refractivity contribution in [2.45, 2.75) is 17.4 Å². The van der Waals surface area contributed by atoms with Gasteiger partial charge in [0.05, 0.1) is 0 Å². The highest BCUT2D eigenvalue weighted by Crippen LogP contribution is 1.79. The Kier molecular flexibility index (Phi) is 15.8. The highest BCUT2D eigenvalue weighted by molar-refractivity contribution is 6.54. The standard InChI is InChI=1S/C6H6.CH5N.3CH3.Al/c1-2-4-6-5-3-1;1-2;;;;/h1-6H;2H2,1H3;3*1H3;. The average molecular weight is 181 g/mol. The number of nitrogens with two attached hydrogens (primary N) is 1. The Morgan fingerprint density at radius 3 is 0.833 bits per heavy atom. The van der Waals surface area contributed by atoms with Crippen LogP contribution in [0.5, 0.6) is 0 Å². The Hall–Kier alpha value is -0.288. The third-order valence-electron chi connectivity index (χ3n) is 0.667. The first-order valence-corrected chi connectivity index (χ1v) is 7.77. The van der Waals surface area contributed by atoms with Gasteiger partial charge >= 0.3 is 0 Å². The molecule has 0 bridgehead atoms. The van der Waals surface area contributed by atoms with Crippen LogP contribution in [0.3, 0.4) is 0 Å². The van der Waals surface area contributed by atoms with Crippen molar-refractivity contribution in [2.24, 2.45) is 5.73 Å². The van der Waals surface area contributed by atoms with E-state index in [1.807, 2.05) is 36.4 Å². The van der Waals surface area contributed by atoms with Crippen molar-refractivity contribution in [3.8, 4) is 0 Å². The predicted octanol–water partition coefficient (Wildman–Crippen LogP) is 2.63. The van der Waals surface area contributed by atoms with Crippen molar-refractivity contribution < 1.29 is 0 Å². The first kappa shape index (κ1) is 14.2. The van der Waals surface area contributed by atoms with Crippen LogP contribution in [-0.2, 0) is 0 Å². The Labute approximate surface area is 81.0 Å². The van der Waals surface area contributed by atoms with Crippen molar-refractivity contribution in [3.63, 3.8) is 0 Å². The van der Waals surface area contributed by atoms with Gasteiger partial charge in [-0.3, -0.25) is 0 Å². The lowest BCUT2D eigenvalue weighted by atomic mass is 10.4. The summed E-state index contributed by atoms with van der Waals surface area (Å²) < 4.78 is 0. The second-order valence-electron chi connectivity index (χ2n) is 2.89. The molecule has 68 valence electrons. The maximum absolute atomic E-state index is 4.50. The van der Waals surface area contributed by atoms with Crippen LogP contribution in [0.25, 0.3) is 0 Å². The minimum Gasteiger partial charge on any atom is -0.333 e. The van der Waals surface area contributed by atoms with Crippen LogP contribution in [0, 0.1) is 0 Å². The van der Waals surface area contributed by atoms with Gasteiger partial charge in [0.2, 0.25) is 0 Å². The Morgan fingerprint density at radius 2 is 0.750 bits per heavy atom. The van der Waals surface area contributed by atoms with Gasteiger partial charge < -0.3 is 5.73 Å². The van der Waals surface area contributed by atoms with Crippen LogP contribution in [0.4, 0.5) is 0 Å². The van der Waals surface area contributed by atoms with E-state index in [1.54, 1.807) is 0 Å². The normalized spacial score (nSPS) is 6.75. The smallest absolute Gasteiger partial charge is 0.251 e. The van der Waals surface area contributed by atoms with Gasteiger partial charge in [0, 0.05) is 0 Å². The first-order valence-electron chi connectivity index (χ1n) is 4.31. The number of rotatable bonds is 0. The molecule has 0 aromatic heterocycles. The largest absolute Gasteiger partial charge is 0.333 e. The minimum absolute atomic E-state index is 0.139. The van der Waals surface area contributed by atoms with Crippen molar-refractivity contribution in [1.29, 1.82) is 0 Å². The van der Waals surface area contributed by atoms with Crippen molar-refractivity contribution in [3.05, 3.63) is 36.4 Å². The minimum atomic E-state index is -0.139. The molecule has 1 aromatic rings. The van der Waals surface area contributed by atoms with E-state index >= 15 is 0 Å². The second kappa shape index (κ2) is 13.3. The summed E-state index contributed by atoms with van der Waals surface area (Å²) >= 11 is -0.139. The lowest BCUT2D eigenvalue weighted by molar-refractivity contribution is 1.48. The summed E-state index contributed by atoms with van der Waals surface area (Å²) in [5.74, 6) is 6.92. The summed E-state index contributed by atoms with van der Waals surface area (Å²) in [6.45, 7) is 0. The molecule has 0 fully saturated rings. The summed E-state index contributed by atoms with van der Waals surface area (Å²) in [7, 11) is 1.50. The van der Waals surface area contributed by atoms with Gasteiger partial charge in [0.1, 0.15) is 0 Å². The van der Waals surface area contributed by atoms with Crippen LogP contribution >= 0.6 is 0 Å². The van der Waals surface area contributed by atoms with Gasteiger partial charge in [0.15, 0.2) is 0 Å². The second-order valence-corrected chi connectivity index (χ2v) is 6.35. The molecule has 0 heterocycles. The van der Waals surface area contributed by atoms with Crippen molar-refractivity contribution >= 4 is 14.1 Å². The van der Waals surface area contributed by atoms with E-state index in [-0.39, 0.29) is 14.1 Å². The van der Waals surface area contributed by atoms with E-state index in [4.69, 9.17) is 0 Å². The zero-order valence-corrected chi connectivity index (χ0v) is 9.77. The summed E-state index contributed by atoms with van der Waals surface area (Å²) in [4.78, 5) is 0. The summed E-state index contributed by atoms with van der Waals surface area (Å²) in [5.41, 5.74) is 4.50. The molecule has 0 saturated heterocycles. The Balaban J connectivity index is 0. The van der Waals surface area contributed by atoms with E-state index in [0.29, 0.717) is 0 Å². The van der Waals surface area contributed by atoms with Gasteiger partial charge in [-0.1, -0.05) is 36.4 Å². The molecule has 12 heavy (non-hydrogen) atoms. The predicted molar refractivity (Wildman–Crippen MR) is 59.9 cm³/mol. The molecule has 2 N–H and O–H groups in total. The third-order valence-corrected chi connectivity index (χ3v) is 0.667. The molecule has 1 nitrogen and oxygen atoms in total. The lowest BCUT2D eigenvalue weighted by Crippen LogP contribution is -1.84. The van der Waals surface area contributed by atoms with Crippen LogP contribution in [-0.4, -0.2) is 21.2 Å². The summed E-state index contributed by atoms with van der Waals surface area (Å²) in [6.07, 6.45) is 0. The zero-order valence-electron chi connectivity index (χ0n) is 8.62. The molecule has 1 aromatic carbocycles. The third kappa shape index (κ3) is 22.6. The highest BCUT2D eigenvalue weighted by atomic mass is 27.2. The maximum atomic E-state index is 4.50. The van der Waals surface area contributed by atoms with E-state index in [1.165, 1.54) is 7.05 Å². The van der Waals surface area contributed by atoms with E-state index in [9.17, 15) is 0 Å². The molecule has 0 amide bonds. The molecular weight excluding hydrogens is 161 g/mol. The molecule has 0 aliphatic heterocycles. The van der Waals surface area contributed by atoms with Gasteiger partial charge in [-0.05, 0) is 7.05 Å². The first-order chi connectivity index (χ1) is 5.73. The molecule has 0 unspecified atom stereocenters. The van der Waals surface area contributed by atoms with Crippen LogP contribution in [0.2, 0.25) is 17.4 Å². The van der Waals surface area contributed by atoms with Gasteiger partial charge in [-0.2, -0.15) is 0 Å². The lowest BCUT2D eigenvalue weighted by Gasteiger charge is -1.69. The molecular formula is C10H20AlN. The fourth-order valence-corrected chi connectivity index (χ4v) is 0.385. The van der Waals surface area contributed by atoms with Crippen molar-refractivity contribution in [1.82, 2.24) is 0 Å². The maximum Gasteiger partial charge on any atom is 0.251 e. The molecule has 0 aliphatic carbocycles. The fourth-order valence-electron chi connectivity index (χ4n) is 0.385. The van der Waals surface area contributed by atoms with Gasteiger partial charge in [-0.25, -0.2) is 0 Å². The van der Waals surface area contributed by atoms with Gasteiger partial charge in [0.25, 0.3) is 14.1 Å². The molecule has 2 heteroatoms. The molecule has 0 atom stereocenters. The average Bonchev–Trinajstić information content (AvgIpc) is 2.10. The number of benzene rings is 1. The molecule has 0 saturated carbocycles. The van der Waals surface area contributed by atoms with Crippen LogP contribution < -0.4 is 5.73 Å². The van der Waals surface area contributed by atoms with E-state index in [2.05, 4.69) is 23.1 Å². The molecule has 0 spiro atoms. The Morgan fingerprint density at radius 1 is 0.667 bits per heavy atom. The SMILES string of the molecule is CN.[CH3][Al]([CH3])[CH3].c1ccccc1. The summed E-state index contributed by atoms with van der Waals surface area (Å²) in [5, 5.41) is 0. The molecule has 0 radical (unpaired) electrons.